The normalized spacial score (nSPS) is 18.1. The van der Waals surface area contributed by atoms with E-state index >= 15 is 0 Å². The number of piperidine rings is 1. The number of aliphatic imine (C=N–C) groups is 1. The maximum Gasteiger partial charge on any atom is 0.421 e. The topological polar surface area (TPSA) is 92.8 Å². The van der Waals surface area contributed by atoms with Crippen LogP contribution in [0.25, 0.3) is 0 Å². The van der Waals surface area contributed by atoms with E-state index in [1.165, 1.54) is 12.3 Å². The van der Waals surface area contributed by atoms with Crippen molar-refractivity contribution in [2.24, 2.45) is 16.6 Å². The Balaban J connectivity index is 1.95. The van der Waals surface area contributed by atoms with E-state index in [1.54, 1.807) is 0 Å². The highest BCUT2D eigenvalue weighted by molar-refractivity contribution is 5.80. The molecule has 1 aromatic heterocycles. The first-order chi connectivity index (χ1) is 13.3. The van der Waals surface area contributed by atoms with Gasteiger partial charge in [-0.3, -0.25) is 4.79 Å². The first-order valence-electron chi connectivity index (χ1n) is 9.27. The molecule has 0 radical (unpaired) electrons. The molecule has 2 heterocycles. The van der Waals surface area contributed by atoms with Gasteiger partial charge in [0.15, 0.2) is 5.96 Å². The number of rotatable bonds is 7. The molecule has 1 saturated heterocycles. The summed E-state index contributed by atoms with van der Waals surface area (Å²) in [7, 11) is 0. The number of guanidine groups is 1. The Kier molecular flexibility index (Phi) is 7.89. The summed E-state index contributed by atoms with van der Waals surface area (Å²) >= 11 is 0. The van der Waals surface area contributed by atoms with Gasteiger partial charge in [0.05, 0.1) is 6.54 Å². The van der Waals surface area contributed by atoms with Crippen LogP contribution in [0.1, 0.15) is 31.7 Å². The van der Waals surface area contributed by atoms with Gasteiger partial charge in [0.1, 0.15) is 12.2 Å². The number of aromatic nitrogens is 1. The third-order valence-electron chi connectivity index (χ3n) is 4.31. The highest BCUT2D eigenvalue weighted by Gasteiger charge is 2.35. The molecule has 7 nitrogen and oxygen atoms in total. The van der Waals surface area contributed by atoms with E-state index in [0.29, 0.717) is 25.5 Å². The summed E-state index contributed by atoms with van der Waals surface area (Å²) in [4.78, 5) is 21.3. The van der Waals surface area contributed by atoms with E-state index in [0.717, 1.165) is 25.5 Å². The Morgan fingerprint density at radius 2 is 2.29 bits per heavy atom. The largest absolute Gasteiger partial charge is 0.475 e. The zero-order valence-electron chi connectivity index (χ0n) is 15.8. The van der Waals surface area contributed by atoms with Crippen LogP contribution in [0.2, 0.25) is 0 Å². The monoisotopic (exact) mass is 401 g/mol. The first kappa shape index (κ1) is 21.8. The molecule has 1 unspecified atom stereocenters. The van der Waals surface area contributed by atoms with Gasteiger partial charge >= 0.3 is 6.18 Å². The summed E-state index contributed by atoms with van der Waals surface area (Å²) in [6.07, 6.45) is -1.09. The summed E-state index contributed by atoms with van der Waals surface area (Å²) in [5, 5.41) is 3.17. The Labute approximate surface area is 162 Å². The van der Waals surface area contributed by atoms with Crippen molar-refractivity contribution in [3.8, 4) is 5.88 Å². The van der Waals surface area contributed by atoms with Crippen molar-refractivity contribution in [2.45, 2.75) is 32.4 Å². The van der Waals surface area contributed by atoms with Crippen molar-refractivity contribution >= 4 is 11.9 Å². The molecule has 10 heteroatoms. The number of carbonyl (C=O) groups excluding carboxylic acids is 1. The van der Waals surface area contributed by atoms with Crippen molar-refractivity contribution in [3.05, 3.63) is 23.9 Å². The lowest BCUT2D eigenvalue weighted by Gasteiger charge is -2.34. The second kappa shape index (κ2) is 10.1. The molecule has 1 amide bonds. The number of hydrogen-bond donors (Lipinski definition) is 2. The van der Waals surface area contributed by atoms with E-state index in [-0.39, 0.29) is 25.0 Å². The third kappa shape index (κ3) is 6.58. The number of carbonyl (C=O) groups is 1. The molecule has 1 aromatic rings. The van der Waals surface area contributed by atoms with Gasteiger partial charge in [-0.1, -0.05) is 0 Å². The fourth-order valence-corrected chi connectivity index (χ4v) is 3.15. The summed E-state index contributed by atoms with van der Waals surface area (Å²) < 4.78 is 44.1. The lowest BCUT2D eigenvalue weighted by Crippen LogP contribution is -2.47. The maximum atomic E-state index is 13.0. The van der Waals surface area contributed by atoms with Crippen LogP contribution in [0.3, 0.4) is 0 Å². The highest BCUT2D eigenvalue weighted by Crippen LogP contribution is 2.34. The Morgan fingerprint density at radius 3 is 2.96 bits per heavy atom. The number of nitrogens with zero attached hydrogens (tertiary/aromatic N) is 3. The summed E-state index contributed by atoms with van der Waals surface area (Å²) in [6.45, 7) is 4.17. The second-order valence-electron chi connectivity index (χ2n) is 6.56. The zero-order chi connectivity index (χ0) is 20.6. The van der Waals surface area contributed by atoms with Gasteiger partial charge in [0.25, 0.3) is 0 Å². The van der Waals surface area contributed by atoms with Gasteiger partial charge in [0, 0.05) is 32.3 Å². The average molecular weight is 401 g/mol. The molecule has 0 aromatic carbocycles. The lowest BCUT2D eigenvalue weighted by atomic mass is 9.95. The molecule has 156 valence electrons. The molecule has 1 fully saturated rings. The minimum absolute atomic E-state index is 0.0342. The van der Waals surface area contributed by atoms with Gasteiger partial charge in [0.2, 0.25) is 11.8 Å². The molecule has 1 aliphatic rings. The molecule has 0 aliphatic carbocycles. The number of hydrogen-bond acceptors (Lipinski definition) is 4. The molecule has 1 atom stereocenters. The third-order valence-corrected chi connectivity index (χ3v) is 4.31. The molecular weight excluding hydrogens is 375 g/mol. The number of amides is 1. The van der Waals surface area contributed by atoms with Gasteiger partial charge in [-0.05, 0) is 37.8 Å². The van der Waals surface area contributed by atoms with Crippen molar-refractivity contribution in [1.82, 2.24) is 15.2 Å². The molecule has 0 saturated carbocycles. The number of primary amides is 1. The lowest BCUT2D eigenvalue weighted by molar-refractivity contribution is -0.139. The standard InChI is InChI=1S/C18H26F3N5O2/c1-2-23-17(26-9-4-5-13(12-26)11-15(22)27)25-8-10-28-16-14(18(19,20)21)6-3-7-24-16/h3,6-7,13H,2,4-5,8-12H2,1H3,(H2,22,27)(H,23,25). The molecule has 0 bridgehead atoms. The van der Waals surface area contributed by atoms with Gasteiger partial charge < -0.3 is 20.7 Å². The molecule has 3 N–H and O–H groups in total. The summed E-state index contributed by atoms with van der Waals surface area (Å²) in [6, 6.07) is 2.15. The molecule has 28 heavy (non-hydrogen) atoms. The van der Waals surface area contributed by atoms with E-state index in [1.807, 2.05) is 11.8 Å². The second-order valence-corrected chi connectivity index (χ2v) is 6.56. The Morgan fingerprint density at radius 1 is 1.50 bits per heavy atom. The van der Waals surface area contributed by atoms with Crippen molar-refractivity contribution in [2.75, 3.05) is 32.8 Å². The number of ether oxygens (including phenoxy) is 1. The number of nitrogens with two attached hydrogens (primary N) is 1. The van der Waals surface area contributed by atoms with Crippen LogP contribution >= 0.6 is 0 Å². The zero-order valence-corrected chi connectivity index (χ0v) is 15.8. The van der Waals surface area contributed by atoms with Gasteiger partial charge in [-0.2, -0.15) is 13.2 Å². The quantitative estimate of drug-likeness (QED) is 0.414. The van der Waals surface area contributed by atoms with Crippen LogP contribution in [0.15, 0.2) is 23.3 Å². The molecular formula is C18H26F3N5O2. The number of nitrogens with one attached hydrogen (secondary N) is 1. The smallest absolute Gasteiger partial charge is 0.421 e. The Bertz CT molecular complexity index is 681. The van der Waals surface area contributed by atoms with Crippen LogP contribution in [0.4, 0.5) is 13.2 Å². The van der Waals surface area contributed by atoms with E-state index in [9.17, 15) is 18.0 Å². The Hall–Kier alpha value is -2.52. The van der Waals surface area contributed by atoms with Gasteiger partial charge in [-0.15, -0.1) is 0 Å². The number of pyridine rings is 1. The molecule has 2 rings (SSSR count). The van der Waals surface area contributed by atoms with E-state index < -0.39 is 17.6 Å². The minimum Gasteiger partial charge on any atom is -0.475 e. The number of halogens is 3. The SMILES string of the molecule is CCNC(=NCCOc1ncccc1C(F)(F)F)N1CCCC(CC(N)=O)C1. The summed E-state index contributed by atoms with van der Waals surface area (Å²) in [5.41, 5.74) is 4.39. The van der Waals surface area contributed by atoms with E-state index in [2.05, 4.69) is 15.3 Å². The highest BCUT2D eigenvalue weighted by atomic mass is 19.4. The summed E-state index contributed by atoms with van der Waals surface area (Å²) in [5.74, 6) is 0.0549. The van der Waals surface area contributed by atoms with E-state index in [4.69, 9.17) is 10.5 Å². The predicted octanol–water partition coefficient (Wildman–Crippen LogP) is 2.03. The molecule has 0 spiro atoms. The number of alkyl halides is 3. The predicted molar refractivity (Wildman–Crippen MR) is 98.8 cm³/mol. The van der Waals surface area contributed by atoms with Crippen LogP contribution in [0.5, 0.6) is 5.88 Å². The van der Waals surface area contributed by atoms with Gasteiger partial charge in [-0.25, -0.2) is 9.98 Å². The average Bonchev–Trinajstić information content (AvgIpc) is 2.63. The number of likely N-dealkylation sites (tertiary alicyclic amines) is 1. The van der Waals surface area contributed by atoms with Crippen LogP contribution in [-0.2, 0) is 11.0 Å². The maximum absolute atomic E-state index is 13.0. The van der Waals surface area contributed by atoms with Crippen molar-refractivity contribution < 1.29 is 22.7 Å². The van der Waals surface area contributed by atoms with Crippen LogP contribution < -0.4 is 15.8 Å². The van der Waals surface area contributed by atoms with Crippen molar-refractivity contribution in [3.63, 3.8) is 0 Å². The first-order valence-corrected chi connectivity index (χ1v) is 9.27. The van der Waals surface area contributed by atoms with Crippen LogP contribution in [0, 0.1) is 5.92 Å². The fourth-order valence-electron chi connectivity index (χ4n) is 3.15. The van der Waals surface area contributed by atoms with Crippen LogP contribution in [-0.4, -0.2) is 54.5 Å². The fraction of sp³-hybridized carbons (Fsp3) is 0.611. The minimum atomic E-state index is -4.52. The van der Waals surface area contributed by atoms with Crippen molar-refractivity contribution in [1.29, 1.82) is 0 Å². The molecule has 1 aliphatic heterocycles.